The first kappa shape index (κ1) is 15.2. The number of carbonyl (C=O) groups excluding carboxylic acids is 1. The first-order valence-electron chi connectivity index (χ1n) is 8.02. The molecule has 0 radical (unpaired) electrons. The van der Waals surface area contributed by atoms with Crippen molar-refractivity contribution in [3.05, 3.63) is 35.4 Å². The minimum absolute atomic E-state index is 0.282. The number of carbonyl (C=O) groups is 1. The lowest BCUT2D eigenvalue weighted by atomic mass is 10.00. The molecule has 0 atom stereocenters. The van der Waals surface area contributed by atoms with Gasteiger partial charge in [-0.15, -0.1) is 0 Å². The summed E-state index contributed by atoms with van der Waals surface area (Å²) in [7, 11) is 0. The van der Waals surface area contributed by atoms with Crippen LogP contribution in [0.4, 0.5) is 0 Å². The zero-order valence-corrected chi connectivity index (χ0v) is 12.9. The summed E-state index contributed by atoms with van der Waals surface area (Å²) in [5, 5.41) is 0. The molecule has 1 saturated heterocycles. The predicted octanol–water partition coefficient (Wildman–Crippen LogP) is 4.26. The number of ketones is 1. The highest BCUT2D eigenvalue weighted by atomic mass is 16.1. The topological polar surface area (TPSA) is 20.3 Å². The third-order valence-corrected chi connectivity index (χ3v) is 4.25. The second-order valence-electron chi connectivity index (χ2n) is 6.21. The van der Waals surface area contributed by atoms with E-state index in [0.717, 1.165) is 12.1 Å². The van der Waals surface area contributed by atoms with Gasteiger partial charge in [0.1, 0.15) is 0 Å². The minimum Gasteiger partial charge on any atom is -0.303 e. The first-order valence-corrected chi connectivity index (χ1v) is 8.02. The van der Waals surface area contributed by atoms with Crippen LogP contribution in [-0.4, -0.2) is 30.3 Å². The standard InChI is InChI=1S/C18H27NO/c1-15(2)16-7-9-17(10-8-16)18(20)11-14-19-12-5-3-4-6-13-19/h7-10,15H,3-6,11-14H2,1-2H3. The molecule has 2 nitrogen and oxygen atoms in total. The summed E-state index contributed by atoms with van der Waals surface area (Å²) in [6.45, 7) is 7.61. The summed E-state index contributed by atoms with van der Waals surface area (Å²) in [4.78, 5) is 14.7. The van der Waals surface area contributed by atoms with Crippen LogP contribution in [-0.2, 0) is 0 Å². The van der Waals surface area contributed by atoms with Crippen molar-refractivity contribution in [2.75, 3.05) is 19.6 Å². The monoisotopic (exact) mass is 273 g/mol. The average Bonchev–Trinajstić information content (AvgIpc) is 2.73. The van der Waals surface area contributed by atoms with Crippen LogP contribution >= 0.6 is 0 Å². The van der Waals surface area contributed by atoms with Gasteiger partial charge in [-0.25, -0.2) is 0 Å². The Morgan fingerprint density at radius 1 is 1.05 bits per heavy atom. The van der Waals surface area contributed by atoms with Gasteiger partial charge in [0, 0.05) is 18.5 Å². The molecule has 0 amide bonds. The molecule has 1 aromatic carbocycles. The quantitative estimate of drug-likeness (QED) is 0.747. The van der Waals surface area contributed by atoms with Gasteiger partial charge in [-0.05, 0) is 37.4 Å². The second-order valence-corrected chi connectivity index (χ2v) is 6.21. The van der Waals surface area contributed by atoms with Crippen molar-refractivity contribution in [2.45, 2.75) is 51.9 Å². The fourth-order valence-corrected chi connectivity index (χ4v) is 2.82. The molecule has 0 unspecified atom stereocenters. The number of benzene rings is 1. The maximum atomic E-state index is 12.2. The summed E-state index contributed by atoms with van der Waals surface area (Å²) >= 11 is 0. The van der Waals surface area contributed by atoms with Gasteiger partial charge in [-0.3, -0.25) is 4.79 Å². The lowest BCUT2D eigenvalue weighted by Gasteiger charge is -2.19. The Morgan fingerprint density at radius 3 is 2.20 bits per heavy atom. The second kappa shape index (κ2) is 7.58. The molecule has 2 rings (SSSR count). The smallest absolute Gasteiger partial charge is 0.164 e. The molecule has 1 aliphatic rings. The molecule has 2 heteroatoms. The number of hydrogen-bond acceptors (Lipinski definition) is 2. The van der Waals surface area contributed by atoms with E-state index in [-0.39, 0.29) is 5.78 Å². The summed E-state index contributed by atoms with van der Waals surface area (Å²) in [5.41, 5.74) is 2.17. The molecular weight excluding hydrogens is 246 g/mol. The van der Waals surface area contributed by atoms with Crippen molar-refractivity contribution in [3.8, 4) is 0 Å². The van der Waals surface area contributed by atoms with Crippen molar-refractivity contribution in [2.24, 2.45) is 0 Å². The Balaban J connectivity index is 1.84. The van der Waals surface area contributed by atoms with E-state index in [9.17, 15) is 4.79 Å². The summed E-state index contributed by atoms with van der Waals surface area (Å²) in [6, 6.07) is 8.15. The largest absolute Gasteiger partial charge is 0.303 e. The van der Waals surface area contributed by atoms with E-state index in [2.05, 4.69) is 30.9 Å². The predicted molar refractivity (Wildman–Crippen MR) is 84.4 cm³/mol. The molecule has 0 saturated carbocycles. The Morgan fingerprint density at radius 2 is 1.65 bits per heavy atom. The molecule has 0 N–H and O–H groups in total. The highest BCUT2D eigenvalue weighted by molar-refractivity contribution is 5.96. The number of nitrogens with zero attached hydrogens (tertiary/aromatic N) is 1. The van der Waals surface area contributed by atoms with Gasteiger partial charge in [0.05, 0.1) is 0 Å². The lowest BCUT2D eigenvalue weighted by molar-refractivity contribution is 0.0965. The summed E-state index contributed by atoms with van der Waals surface area (Å²) < 4.78 is 0. The third-order valence-electron chi connectivity index (χ3n) is 4.25. The van der Waals surface area contributed by atoms with Crippen LogP contribution in [0.5, 0.6) is 0 Å². The summed E-state index contributed by atoms with van der Waals surface area (Å²) in [6.07, 6.45) is 5.93. The lowest BCUT2D eigenvalue weighted by Crippen LogP contribution is -2.27. The zero-order chi connectivity index (χ0) is 14.4. The van der Waals surface area contributed by atoms with E-state index in [1.165, 1.54) is 44.3 Å². The number of likely N-dealkylation sites (tertiary alicyclic amines) is 1. The molecule has 1 aliphatic heterocycles. The van der Waals surface area contributed by atoms with Crippen LogP contribution in [0, 0.1) is 0 Å². The van der Waals surface area contributed by atoms with E-state index in [1.807, 2.05) is 12.1 Å². The normalized spacial score (nSPS) is 17.1. The number of Topliss-reactive ketones (excluding diaryl/α,β-unsaturated/α-hetero) is 1. The average molecular weight is 273 g/mol. The molecule has 0 aromatic heterocycles. The number of hydrogen-bond donors (Lipinski definition) is 0. The van der Waals surface area contributed by atoms with E-state index >= 15 is 0 Å². The molecular formula is C18H27NO. The highest BCUT2D eigenvalue weighted by Crippen LogP contribution is 2.16. The maximum absolute atomic E-state index is 12.2. The first-order chi connectivity index (χ1) is 9.66. The molecule has 1 aromatic rings. The van der Waals surface area contributed by atoms with Crippen LogP contribution in [0.3, 0.4) is 0 Å². The molecule has 1 heterocycles. The van der Waals surface area contributed by atoms with Crippen molar-refractivity contribution < 1.29 is 4.79 Å². The van der Waals surface area contributed by atoms with Gasteiger partial charge >= 0.3 is 0 Å². The fraction of sp³-hybridized carbons (Fsp3) is 0.611. The Kier molecular flexibility index (Phi) is 5.78. The van der Waals surface area contributed by atoms with Crippen LogP contribution in [0.1, 0.15) is 67.8 Å². The SMILES string of the molecule is CC(C)c1ccc(C(=O)CCN2CCCCCC2)cc1. The van der Waals surface area contributed by atoms with Gasteiger partial charge < -0.3 is 4.90 Å². The van der Waals surface area contributed by atoms with Crippen LogP contribution in [0.15, 0.2) is 24.3 Å². The van der Waals surface area contributed by atoms with Gasteiger partial charge in [0.15, 0.2) is 5.78 Å². The van der Waals surface area contributed by atoms with Crippen LogP contribution < -0.4 is 0 Å². The Labute approximate surface area is 123 Å². The summed E-state index contributed by atoms with van der Waals surface area (Å²) in [5.74, 6) is 0.806. The number of rotatable bonds is 5. The van der Waals surface area contributed by atoms with Gasteiger partial charge in [-0.1, -0.05) is 51.0 Å². The Hall–Kier alpha value is -1.15. The van der Waals surface area contributed by atoms with Gasteiger partial charge in [0.25, 0.3) is 0 Å². The van der Waals surface area contributed by atoms with E-state index in [0.29, 0.717) is 12.3 Å². The highest BCUT2D eigenvalue weighted by Gasteiger charge is 2.12. The van der Waals surface area contributed by atoms with Crippen molar-refractivity contribution in [3.63, 3.8) is 0 Å². The third kappa shape index (κ3) is 4.45. The maximum Gasteiger partial charge on any atom is 0.164 e. The molecule has 0 spiro atoms. The van der Waals surface area contributed by atoms with Crippen LogP contribution in [0.25, 0.3) is 0 Å². The Bertz CT molecular complexity index is 414. The fourth-order valence-electron chi connectivity index (χ4n) is 2.82. The van der Waals surface area contributed by atoms with Crippen LogP contribution in [0.2, 0.25) is 0 Å². The van der Waals surface area contributed by atoms with Gasteiger partial charge in [-0.2, -0.15) is 0 Å². The van der Waals surface area contributed by atoms with E-state index < -0.39 is 0 Å². The molecule has 1 fully saturated rings. The van der Waals surface area contributed by atoms with Crippen molar-refractivity contribution in [1.29, 1.82) is 0 Å². The van der Waals surface area contributed by atoms with Crippen molar-refractivity contribution in [1.82, 2.24) is 4.90 Å². The van der Waals surface area contributed by atoms with E-state index in [1.54, 1.807) is 0 Å². The van der Waals surface area contributed by atoms with E-state index in [4.69, 9.17) is 0 Å². The minimum atomic E-state index is 0.282. The van der Waals surface area contributed by atoms with Crippen molar-refractivity contribution >= 4 is 5.78 Å². The molecule has 20 heavy (non-hydrogen) atoms. The molecule has 0 aliphatic carbocycles. The molecule has 0 bridgehead atoms. The molecule has 110 valence electrons. The zero-order valence-electron chi connectivity index (χ0n) is 12.9. The van der Waals surface area contributed by atoms with Gasteiger partial charge in [0.2, 0.25) is 0 Å².